The average Bonchev–Trinajstić information content (AvgIpc) is 3.46. The standard InChI is InChI=1S/C27H23N7O5S/c1-3-32(12-13-33-26(36)19-6-4-5-7-20(19)27(33)37)17-8-11-23(24(15-17)28-16(2)35)29-30-25-21-14-18(34(38)39)9-10-22(21)31-40-25/h4-11,14-15H,3,12-13H2,1-2H3,(H,28,35). The molecule has 0 bridgehead atoms. The van der Waals surface area contributed by atoms with E-state index in [2.05, 4.69) is 19.9 Å². The summed E-state index contributed by atoms with van der Waals surface area (Å²) in [5, 5.41) is 23.4. The molecule has 1 aliphatic rings. The van der Waals surface area contributed by atoms with Gasteiger partial charge in [-0.05, 0) is 54.9 Å². The van der Waals surface area contributed by atoms with Crippen LogP contribution < -0.4 is 10.2 Å². The van der Waals surface area contributed by atoms with Gasteiger partial charge >= 0.3 is 0 Å². The lowest BCUT2D eigenvalue weighted by Gasteiger charge is -2.26. The molecule has 0 aliphatic carbocycles. The zero-order valence-corrected chi connectivity index (χ0v) is 22.3. The highest BCUT2D eigenvalue weighted by Crippen LogP contribution is 2.36. The monoisotopic (exact) mass is 557 g/mol. The second-order valence-corrected chi connectivity index (χ2v) is 9.67. The zero-order chi connectivity index (χ0) is 28.4. The van der Waals surface area contributed by atoms with Gasteiger partial charge in [-0.25, -0.2) is 0 Å². The van der Waals surface area contributed by atoms with E-state index in [9.17, 15) is 24.5 Å². The van der Waals surface area contributed by atoms with Crippen molar-refractivity contribution in [3.05, 3.63) is 81.9 Å². The Bertz CT molecular complexity index is 1660. The molecular weight excluding hydrogens is 534 g/mol. The van der Waals surface area contributed by atoms with Crippen LogP contribution in [0.25, 0.3) is 10.9 Å². The molecule has 3 amide bonds. The summed E-state index contributed by atoms with van der Waals surface area (Å²) in [6.45, 7) is 4.48. The van der Waals surface area contributed by atoms with Gasteiger partial charge in [-0.2, -0.15) is 4.37 Å². The topological polar surface area (TPSA) is 150 Å². The van der Waals surface area contributed by atoms with Crippen molar-refractivity contribution in [1.29, 1.82) is 0 Å². The van der Waals surface area contributed by atoms with Gasteiger partial charge in [0.1, 0.15) is 5.69 Å². The van der Waals surface area contributed by atoms with Crippen LogP contribution >= 0.6 is 11.5 Å². The lowest BCUT2D eigenvalue weighted by molar-refractivity contribution is -0.384. The van der Waals surface area contributed by atoms with Crippen LogP contribution in [0.5, 0.6) is 0 Å². The fourth-order valence-corrected chi connectivity index (χ4v) is 5.12. The van der Waals surface area contributed by atoms with Crippen LogP contribution in [0.15, 0.2) is 70.9 Å². The Morgan fingerprint density at radius 3 is 2.45 bits per heavy atom. The molecule has 4 aromatic rings. The third kappa shape index (κ3) is 5.14. The number of anilines is 2. The number of likely N-dealkylation sites (N-methyl/N-ethyl adjacent to an activating group) is 1. The van der Waals surface area contributed by atoms with Gasteiger partial charge in [-0.3, -0.25) is 29.4 Å². The van der Waals surface area contributed by atoms with Crippen LogP contribution in [0.2, 0.25) is 0 Å². The first-order valence-corrected chi connectivity index (χ1v) is 13.1. The first-order chi connectivity index (χ1) is 19.3. The molecule has 5 rings (SSSR count). The molecule has 3 aromatic carbocycles. The molecule has 1 aliphatic heterocycles. The quantitative estimate of drug-likeness (QED) is 0.120. The number of nitrogens with one attached hydrogen (secondary N) is 1. The Balaban J connectivity index is 1.38. The van der Waals surface area contributed by atoms with Crippen LogP contribution in [0.1, 0.15) is 34.6 Å². The predicted molar refractivity (Wildman–Crippen MR) is 151 cm³/mol. The third-order valence-corrected chi connectivity index (χ3v) is 7.17. The summed E-state index contributed by atoms with van der Waals surface area (Å²) < 4.78 is 4.26. The molecule has 0 saturated heterocycles. The normalized spacial score (nSPS) is 12.8. The lowest BCUT2D eigenvalue weighted by atomic mass is 10.1. The van der Waals surface area contributed by atoms with E-state index in [-0.39, 0.29) is 30.0 Å². The molecule has 0 radical (unpaired) electrons. The number of nitrogens with zero attached hydrogens (tertiary/aromatic N) is 6. The van der Waals surface area contributed by atoms with E-state index in [4.69, 9.17) is 0 Å². The zero-order valence-electron chi connectivity index (χ0n) is 21.5. The smallest absolute Gasteiger partial charge is 0.270 e. The van der Waals surface area contributed by atoms with Gasteiger partial charge in [0.05, 0.1) is 27.3 Å². The summed E-state index contributed by atoms with van der Waals surface area (Å²) in [6, 6.07) is 16.3. The number of carbonyl (C=O) groups is 3. The first-order valence-electron chi connectivity index (χ1n) is 12.3. The molecule has 0 fully saturated rings. The summed E-state index contributed by atoms with van der Waals surface area (Å²) in [5.41, 5.74) is 2.84. The molecule has 0 saturated carbocycles. The van der Waals surface area contributed by atoms with Crippen molar-refractivity contribution in [3.63, 3.8) is 0 Å². The SMILES string of the molecule is CCN(CCN1C(=O)c2ccccc2C1=O)c1ccc(N=Nc2snc3ccc([N+](=O)[O-])cc23)c(NC(C)=O)c1. The van der Waals surface area contributed by atoms with Crippen molar-refractivity contribution >= 4 is 67.9 Å². The maximum absolute atomic E-state index is 12.7. The van der Waals surface area contributed by atoms with Crippen LogP contribution in [0.4, 0.5) is 27.8 Å². The summed E-state index contributed by atoms with van der Waals surface area (Å²) in [4.78, 5) is 51.4. The number of nitro benzene ring substituents is 1. The molecule has 13 heteroatoms. The molecule has 0 unspecified atom stereocenters. The minimum absolute atomic E-state index is 0.0756. The Hall–Kier alpha value is -5.04. The Labute approximate surface area is 232 Å². The molecule has 2 heterocycles. The third-order valence-electron chi connectivity index (χ3n) is 6.41. The van der Waals surface area contributed by atoms with E-state index < -0.39 is 4.92 Å². The molecule has 0 spiro atoms. The van der Waals surface area contributed by atoms with Gasteiger partial charge in [0.25, 0.3) is 17.5 Å². The number of carbonyl (C=O) groups excluding carboxylic acids is 3. The van der Waals surface area contributed by atoms with Crippen LogP contribution in [0.3, 0.4) is 0 Å². The van der Waals surface area contributed by atoms with Crippen molar-refractivity contribution in [1.82, 2.24) is 9.27 Å². The van der Waals surface area contributed by atoms with Gasteiger partial charge in [-0.15, -0.1) is 10.2 Å². The van der Waals surface area contributed by atoms with E-state index in [0.29, 0.717) is 51.5 Å². The number of hydrogen-bond donors (Lipinski definition) is 1. The van der Waals surface area contributed by atoms with E-state index in [1.807, 2.05) is 11.8 Å². The highest BCUT2D eigenvalue weighted by molar-refractivity contribution is 7.11. The predicted octanol–water partition coefficient (Wildman–Crippen LogP) is 5.70. The Kier molecular flexibility index (Phi) is 7.29. The van der Waals surface area contributed by atoms with Crippen LogP contribution in [0, 0.1) is 10.1 Å². The van der Waals surface area contributed by atoms with Gasteiger partial charge in [0, 0.05) is 49.8 Å². The largest absolute Gasteiger partial charge is 0.370 e. The van der Waals surface area contributed by atoms with Crippen molar-refractivity contribution in [3.8, 4) is 0 Å². The van der Waals surface area contributed by atoms with E-state index >= 15 is 0 Å². The van der Waals surface area contributed by atoms with E-state index in [1.54, 1.807) is 48.5 Å². The number of nitro groups is 1. The van der Waals surface area contributed by atoms with Crippen molar-refractivity contribution < 1.29 is 19.3 Å². The highest BCUT2D eigenvalue weighted by Gasteiger charge is 2.34. The molecule has 12 nitrogen and oxygen atoms in total. The Morgan fingerprint density at radius 1 is 1.07 bits per heavy atom. The van der Waals surface area contributed by atoms with Crippen LogP contribution in [-0.2, 0) is 4.79 Å². The minimum Gasteiger partial charge on any atom is -0.370 e. The highest BCUT2D eigenvalue weighted by atomic mass is 32.1. The van der Waals surface area contributed by atoms with Gasteiger partial charge in [0.2, 0.25) is 5.91 Å². The number of aromatic nitrogens is 1. The Morgan fingerprint density at radius 2 is 1.80 bits per heavy atom. The maximum Gasteiger partial charge on any atom is 0.270 e. The molecule has 1 N–H and O–H groups in total. The average molecular weight is 558 g/mol. The van der Waals surface area contributed by atoms with Gasteiger partial charge in [0.15, 0.2) is 5.00 Å². The molecular formula is C27H23N7O5S. The summed E-state index contributed by atoms with van der Waals surface area (Å²) >= 11 is 1.06. The van der Waals surface area contributed by atoms with E-state index in [0.717, 1.165) is 17.2 Å². The minimum atomic E-state index is -0.487. The fraction of sp³-hybridized carbons (Fsp3) is 0.185. The van der Waals surface area contributed by atoms with Gasteiger partial charge in [-0.1, -0.05) is 12.1 Å². The number of imide groups is 1. The molecule has 0 atom stereocenters. The number of benzene rings is 3. The molecule has 1 aromatic heterocycles. The number of non-ortho nitro benzene ring substituents is 1. The number of rotatable bonds is 9. The lowest BCUT2D eigenvalue weighted by Crippen LogP contribution is -2.38. The first kappa shape index (κ1) is 26.6. The summed E-state index contributed by atoms with van der Waals surface area (Å²) in [7, 11) is 0. The fourth-order valence-electron chi connectivity index (χ4n) is 4.43. The summed E-state index contributed by atoms with van der Waals surface area (Å²) in [6.07, 6.45) is 0. The van der Waals surface area contributed by atoms with Crippen molar-refractivity contribution in [2.24, 2.45) is 10.2 Å². The second-order valence-electron chi connectivity index (χ2n) is 8.92. The molecule has 40 heavy (non-hydrogen) atoms. The number of azo groups is 1. The summed E-state index contributed by atoms with van der Waals surface area (Å²) in [5.74, 6) is -0.930. The second kappa shape index (κ2) is 11.0. The molecule has 202 valence electrons. The number of fused-ring (bicyclic) bond motifs is 2. The van der Waals surface area contributed by atoms with Crippen molar-refractivity contribution in [2.75, 3.05) is 29.9 Å². The van der Waals surface area contributed by atoms with Crippen molar-refractivity contribution in [2.45, 2.75) is 13.8 Å². The number of amides is 3. The number of hydrogen-bond acceptors (Lipinski definition) is 10. The van der Waals surface area contributed by atoms with Gasteiger partial charge < -0.3 is 10.2 Å². The van der Waals surface area contributed by atoms with Crippen LogP contribution in [-0.4, -0.2) is 51.6 Å². The van der Waals surface area contributed by atoms with E-state index in [1.165, 1.54) is 24.0 Å². The maximum atomic E-state index is 12.7.